The molecule has 1 atom stereocenters. The predicted molar refractivity (Wildman–Crippen MR) is 88.3 cm³/mol. The normalized spacial score (nSPS) is 12.0. The lowest BCUT2D eigenvalue weighted by molar-refractivity contribution is -0.124. The van der Waals surface area contributed by atoms with Gasteiger partial charge in [-0.3, -0.25) is 15.0 Å². The zero-order valence-electron chi connectivity index (χ0n) is 13.4. The maximum Gasteiger partial charge on any atom is 0.423 e. The van der Waals surface area contributed by atoms with Crippen LogP contribution in [0.3, 0.4) is 0 Å². The fourth-order valence-corrected chi connectivity index (χ4v) is 2.34. The number of hydrogen-bond acceptors (Lipinski definition) is 3. The van der Waals surface area contributed by atoms with E-state index in [0.29, 0.717) is 12.1 Å². The summed E-state index contributed by atoms with van der Waals surface area (Å²) in [5.41, 5.74) is 5.01. The van der Waals surface area contributed by atoms with Gasteiger partial charge in [-0.15, -0.1) is 0 Å². The Morgan fingerprint density at radius 2 is 1.88 bits per heavy atom. The summed E-state index contributed by atoms with van der Waals surface area (Å²) in [4.78, 5) is 37.9. The van der Waals surface area contributed by atoms with Gasteiger partial charge in [-0.05, 0) is 24.5 Å². The van der Waals surface area contributed by atoms with E-state index in [1.165, 1.54) is 0 Å². The number of amides is 3. The minimum absolute atomic E-state index is 0.133. The average molecular weight is 332 g/mol. The Morgan fingerprint density at radius 3 is 2.50 bits per heavy atom. The van der Waals surface area contributed by atoms with E-state index in [9.17, 15) is 14.4 Å². The minimum Gasteiger partial charge on any atom is -0.464 e. The van der Waals surface area contributed by atoms with Crippen LogP contribution in [-0.2, 0) is 4.79 Å². The summed E-state index contributed by atoms with van der Waals surface area (Å²) in [5, 5.41) is 12.1. The van der Waals surface area contributed by atoms with E-state index in [0.717, 1.165) is 10.9 Å². The minimum atomic E-state index is -1.38. The Hall–Kier alpha value is -3.03. The second-order valence-electron chi connectivity index (χ2n) is 5.85. The van der Waals surface area contributed by atoms with Crippen molar-refractivity contribution in [3.8, 4) is 0 Å². The van der Waals surface area contributed by atoms with Crippen LogP contribution in [0.2, 0.25) is 0 Å². The molecule has 0 aliphatic rings. The Balaban J connectivity index is 2.10. The van der Waals surface area contributed by atoms with Gasteiger partial charge >= 0.3 is 6.09 Å². The average Bonchev–Trinajstić information content (AvgIpc) is 2.95. The van der Waals surface area contributed by atoms with Crippen LogP contribution in [0, 0.1) is 5.92 Å². The van der Waals surface area contributed by atoms with E-state index < -0.39 is 23.9 Å². The number of carbonyl (C=O) groups excluding carboxylic acids is 2. The van der Waals surface area contributed by atoms with Crippen LogP contribution in [0.25, 0.3) is 10.9 Å². The molecule has 3 amide bonds. The summed E-state index contributed by atoms with van der Waals surface area (Å²) in [6.45, 7) is 3.81. The van der Waals surface area contributed by atoms with Crippen molar-refractivity contribution in [2.75, 3.05) is 0 Å². The first-order valence-corrected chi connectivity index (χ1v) is 7.54. The van der Waals surface area contributed by atoms with Gasteiger partial charge in [0.15, 0.2) is 0 Å². The summed E-state index contributed by atoms with van der Waals surface area (Å²) in [6, 6.07) is 8.29. The first kappa shape index (κ1) is 17.3. The van der Waals surface area contributed by atoms with Crippen molar-refractivity contribution >= 4 is 28.8 Å². The molecule has 8 heteroatoms. The molecule has 0 bridgehead atoms. The molecule has 2 rings (SSSR count). The quantitative estimate of drug-likeness (QED) is 0.534. The monoisotopic (exact) mass is 332 g/mol. The van der Waals surface area contributed by atoms with Crippen molar-refractivity contribution in [1.82, 2.24) is 21.2 Å². The molecule has 24 heavy (non-hydrogen) atoms. The highest BCUT2D eigenvalue weighted by Gasteiger charge is 2.23. The topological polar surface area (TPSA) is 123 Å². The van der Waals surface area contributed by atoms with E-state index in [4.69, 9.17) is 5.11 Å². The van der Waals surface area contributed by atoms with E-state index in [1.54, 1.807) is 11.5 Å². The Kier molecular flexibility index (Phi) is 5.41. The van der Waals surface area contributed by atoms with E-state index in [1.807, 2.05) is 38.1 Å². The lowest BCUT2D eigenvalue weighted by atomic mass is 10.0. The van der Waals surface area contributed by atoms with Gasteiger partial charge in [-0.25, -0.2) is 10.2 Å². The van der Waals surface area contributed by atoms with Crippen LogP contribution in [0.4, 0.5) is 4.79 Å². The molecular weight excluding hydrogens is 312 g/mol. The van der Waals surface area contributed by atoms with Crippen LogP contribution in [0.1, 0.15) is 30.8 Å². The number of para-hydroxylation sites is 1. The predicted octanol–water partition coefficient (Wildman–Crippen LogP) is 1.61. The van der Waals surface area contributed by atoms with Gasteiger partial charge in [0.1, 0.15) is 11.7 Å². The summed E-state index contributed by atoms with van der Waals surface area (Å²) < 4.78 is 0. The number of aromatic amines is 1. The van der Waals surface area contributed by atoms with E-state index in [2.05, 4.69) is 15.7 Å². The number of H-pyrrole nitrogens is 1. The summed E-state index contributed by atoms with van der Waals surface area (Å²) in [7, 11) is 0. The third-order valence-electron chi connectivity index (χ3n) is 3.40. The second-order valence-corrected chi connectivity index (χ2v) is 5.85. The molecule has 1 aromatic carbocycles. The number of hydrazine groups is 1. The van der Waals surface area contributed by atoms with Crippen LogP contribution >= 0.6 is 0 Å². The third kappa shape index (κ3) is 4.48. The number of carboxylic acid groups (broad SMARTS) is 1. The molecule has 1 heterocycles. The number of aromatic nitrogens is 1. The molecule has 0 radical (unpaired) electrons. The van der Waals surface area contributed by atoms with Gasteiger partial charge in [0.05, 0.1) is 0 Å². The highest BCUT2D eigenvalue weighted by atomic mass is 16.4. The molecule has 1 aromatic heterocycles. The van der Waals surface area contributed by atoms with Gasteiger partial charge < -0.3 is 15.4 Å². The molecule has 8 nitrogen and oxygen atoms in total. The Bertz CT molecular complexity index is 720. The molecule has 0 fully saturated rings. The smallest absolute Gasteiger partial charge is 0.423 e. The SMILES string of the molecule is CC(C)C[C@H](NC(=O)c1cc2ccccc2[nH]1)C(=O)NNC(=O)O. The van der Waals surface area contributed by atoms with E-state index >= 15 is 0 Å². The van der Waals surface area contributed by atoms with Crippen molar-refractivity contribution < 1.29 is 19.5 Å². The second kappa shape index (κ2) is 7.49. The molecule has 0 aliphatic carbocycles. The van der Waals surface area contributed by atoms with Crippen LogP contribution in [0.15, 0.2) is 30.3 Å². The van der Waals surface area contributed by atoms with Gasteiger partial charge in [0, 0.05) is 10.9 Å². The maximum atomic E-state index is 12.4. The van der Waals surface area contributed by atoms with Crippen LogP contribution < -0.4 is 16.2 Å². The first-order chi connectivity index (χ1) is 11.4. The highest BCUT2D eigenvalue weighted by molar-refractivity contribution is 6.00. The van der Waals surface area contributed by atoms with Crippen molar-refractivity contribution in [2.45, 2.75) is 26.3 Å². The molecule has 0 unspecified atom stereocenters. The highest BCUT2D eigenvalue weighted by Crippen LogP contribution is 2.15. The number of nitrogens with one attached hydrogen (secondary N) is 4. The molecule has 5 N–H and O–H groups in total. The zero-order chi connectivity index (χ0) is 17.7. The molecule has 0 saturated carbocycles. The Labute approximate surface area is 138 Å². The largest absolute Gasteiger partial charge is 0.464 e. The summed E-state index contributed by atoms with van der Waals surface area (Å²) >= 11 is 0. The van der Waals surface area contributed by atoms with Gasteiger partial charge in [-0.2, -0.15) is 0 Å². The molecular formula is C16H20N4O4. The lowest BCUT2D eigenvalue weighted by Crippen LogP contribution is -2.52. The number of rotatable bonds is 5. The first-order valence-electron chi connectivity index (χ1n) is 7.54. The molecule has 0 aliphatic heterocycles. The standard InChI is InChI=1S/C16H20N4O4/c1-9(2)7-12(15(22)19-20-16(23)24)18-14(21)13-8-10-5-3-4-6-11(10)17-13/h3-6,8-9,12,17,20H,7H2,1-2H3,(H,18,21)(H,19,22)(H,23,24)/t12-/m0/s1. The maximum absolute atomic E-state index is 12.4. The fraction of sp³-hybridized carbons (Fsp3) is 0.312. The van der Waals surface area contributed by atoms with Gasteiger partial charge in [0.25, 0.3) is 11.8 Å². The number of carbonyl (C=O) groups is 3. The summed E-state index contributed by atoms with van der Waals surface area (Å²) in [5.74, 6) is -0.911. The number of benzene rings is 1. The van der Waals surface area contributed by atoms with Gasteiger partial charge in [-0.1, -0.05) is 32.0 Å². The summed E-state index contributed by atoms with van der Waals surface area (Å²) in [6.07, 6.45) is -1.01. The number of hydrogen-bond donors (Lipinski definition) is 5. The van der Waals surface area contributed by atoms with Crippen LogP contribution in [-0.4, -0.2) is 34.0 Å². The Morgan fingerprint density at radius 1 is 1.17 bits per heavy atom. The van der Waals surface area contributed by atoms with Crippen molar-refractivity contribution in [2.24, 2.45) is 5.92 Å². The molecule has 2 aromatic rings. The van der Waals surface area contributed by atoms with Crippen molar-refractivity contribution in [3.05, 3.63) is 36.0 Å². The van der Waals surface area contributed by atoms with Gasteiger partial charge in [0.2, 0.25) is 0 Å². The van der Waals surface area contributed by atoms with E-state index in [-0.39, 0.29) is 5.92 Å². The zero-order valence-corrected chi connectivity index (χ0v) is 13.4. The van der Waals surface area contributed by atoms with Crippen molar-refractivity contribution in [1.29, 1.82) is 0 Å². The molecule has 0 spiro atoms. The fourth-order valence-electron chi connectivity index (χ4n) is 2.34. The van der Waals surface area contributed by atoms with Crippen LogP contribution in [0.5, 0.6) is 0 Å². The number of fused-ring (bicyclic) bond motifs is 1. The lowest BCUT2D eigenvalue weighted by Gasteiger charge is -2.19. The molecule has 128 valence electrons. The molecule has 0 saturated heterocycles. The third-order valence-corrected chi connectivity index (χ3v) is 3.40. The van der Waals surface area contributed by atoms with Crippen molar-refractivity contribution in [3.63, 3.8) is 0 Å².